The van der Waals surface area contributed by atoms with E-state index >= 15 is 0 Å². The normalized spacial score (nSPS) is 11.0. The maximum Gasteiger partial charge on any atom is 0.346 e. The molecule has 2 N–H and O–H groups in total. The summed E-state index contributed by atoms with van der Waals surface area (Å²) in [5.74, 6) is -0.418. The minimum absolute atomic E-state index is 0.00677. The van der Waals surface area contributed by atoms with Crippen LogP contribution in [-0.4, -0.2) is 26.7 Å². The number of hydrogen-bond acceptors (Lipinski definition) is 5. The average Bonchev–Trinajstić information content (AvgIpc) is 3.15. The number of carbonyl (C=O) groups is 1. The van der Waals surface area contributed by atoms with E-state index in [9.17, 15) is 14.0 Å². The van der Waals surface area contributed by atoms with Gasteiger partial charge in [-0.25, -0.2) is 13.9 Å². The van der Waals surface area contributed by atoms with Gasteiger partial charge in [0.2, 0.25) is 0 Å². The number of aromatic nitrogens is 3. The van der Waals surface area contributed by atoms with Crippen molar-refractivity contribution >= 4 is 28.7 Å². The molecule has 3 rings (SSSR count). The average molecular weight is 381 g/mol. The van der Waals surface area contributed by atoms with Gasteiger partial charge in [0, 0.05) is 5.56 Å². The predicted octanol–water partition coefficient (Wildman–Crippen LogP) is 2.14. The van der Waals surface area contributed by atoms with E-state index < -0.39 is 11.5 Å². The number of carbonyl (C=O) groups excluding carboxylic acids is 1. The van der Waals surface area contributed by atoms with E-state index in [1.54, 1.807) is 30.3 Å². The minimum Gasteiger partial charge on any atom is -0.324 e. The van der Waals surface area contributed by atoms with Gasteiger partial charge in [-0.15, -0.1) is 16.4 Å². The molecule has 1 aromatic carbocycles. The van der Waals surface area contributed by atoms with Crippen molar-refractivity contribution in [3.05, 3.63) is 62.6 Å². The molecule has 0 amide bonds. The second kappa shape index (κ2) is 7.30. The third kappa shape index (κ3) is 3.71. The molecule has 0 aliphatic rings. The highest BCUT2D eigenvalue weighted by Crippen LogP contribution is 2.29. The van der Waals surface area contributed by atoms with E-state index in [1.165, 1.54) is 22.0 Å². The van der Waals surface area contributed by atoms with Crippen molar-refractivity contribution in [2.75, 3.05) is 6.54 Å². The number of benzene rings is 1. The Morgan fingerprint density at radius 3 is 2.68 bits per heavy atom. The minimum atomic E-state index is -0.510. The highest BCUT2D eigenvalue weighted by atomic mass is 35.5. The van der Waals surface area contributed by atoms with Crippen LogP contribution >= 0.6 is 22.9 Å². The monoisotopic (exact) mass is 380 g/mol. The summed E-state index contributed by atoms with van der Waals surface area (Å²) in [4.78, 5) is 24.9. The molecule has 0 aliphatic carbocycles. The van der Waals surface area contributed by atoms with E-state index in [0.717, 1.165) is 4.68 Å². The van der Waals surface area contributed by atoms with E-state index in [1.807, 2.05) is 0 Å². The maximum absolute atomic E-state index is 14.0. The molecule has 6 nitrogen and oxygen atoms in total. The van der Waals surface area contributed by atoms with Crippen LogP contribution in [0.3, 0.4) is 0 Å². The Bertz CT molecular complexity index is 979. The molecule has 0 aliphatic heterocycles. The Morgan fingerprint density at radius 1 is 1.28 bits per heavy atom. The molecule has 3 aromatic rings. The van der Waals surface area contributed by atoms with Gasteiger partial charge >= 0.3 is 5.69 Å². The first-order chi connectivity index (χ1) is 12.0. The predicted molar refractivity (Wildman–Crippen MR) is 94.4 cm³/mol. The van der Waals surface area contributed by atoms with Gasteiger partial charge in [0.25, 0.3) is 0 Å². The van der Waals surface area contributed by atoms with Crippen LogP contribution in [0.2, 0.25) is 4.34 Å². The fourth-order valence-electron chi connectivity index (χ4n) is 2.33. The molecule has 9 heteroatoms. The van der Waals surface area contributed by atoms with Crippen LogP contribution in [0.1, 0.15) is 5.56 Å². The molecular weight excluding hydrogens is 367 g/mol. The Hall–Kier alpha value is -2.29. The molecular formula is C16H14ClFN4O2S. The number of nitrogens with two attached hydrogens (primary N) is 1. The summed E-state index contributed by atoms with van der Waals surface area (Å²) < 4.78 is 16.9. The molecule has 0 fully saturated rings. The summed E-state index contributed by atoms with van der Waals surface area (Å²) in [6.07, 6.45) is 0. The summed E-state index contributed by atoms with van der Waals surface area (Å²) >= 11 is 7.21. The number of Topliss-reactive ketones (excluding diaryl/α,β-unsaturated/α-hetero) is 1. The molecule has 0 saturated heterocycles. The fourth-order valence-corrected chi connectivity index (χ4v) is 3.37. The lowest BCUT2D eigenvalue weighted by atomic mass is 10.2. The van der Waals surface area contributed by atoms with Crippen molar-refractivity contribution in [2.24, 2.45) is 5.73 Å². The molecule has 0 unspecified atom stereocenters. The lowest BCUT2D eigenvalue weighted by molar-refractivity contribution is -0.118. The van der Waals surface area contributed by atoms with Gasteiger partial charge in [-0.1, -0.05) is 29.8 Å². The second-order valence-corrected chi connectivity index (χ2v) is 7.00. The highest BCUT2D eigenvalue weighted by Gasteiger charge is 2.19. The number of halogens is 2. The zero-order chi connectivity index (χ0) is 18.0. The van der Waals surface area contributed by atoms with Crippen molar-refractivity contribution < 1.29 is 9.18 Å². The van der Waals surface area contributed by atoms with Gasteiger partial charge in [0.05, 0.1) is 22.3 Å². The van der Waals surface area contributed by atoms with Crippen LogP contribution in [0.15, 0.2) is 41.2 Å². The summed E-state index contributed by atoms with van der Waals surface area (Å²) in [5, 5.41) is 4.23. The first kappa shape index (κ1) is 17.5. The van der Waals surface area contributed by atoms with Crippen molar-refractivity contribution in [2.45, 2.75) is 13.1 Å². The molecule has 25 heavy (non-hydrogen) atoms. The lowest BCUT2D eigenvalue weighted by Gasteiger charge is -2.05. The zero-order valence-electron chi connectivity index (χ0n) is 13.0. The van der Waals surface area contributed by atoms with Gasteiger partial charge in [-0.05, 0) is 18.2 Å². The van der Waals surface area contributed by atoms with Crippen molar-refractivity contribution in [1.82, 2.24) is 14.3 Å². The SMILES string of the molecule is NCC(=O)Cn1nc(-c2ccc(Cl)s2)n(Cc2ccccc2F)c1=O. The van der Waals surface area contributed by atoms with E-state index in [-0.39, 0.29) is 25.4 Å². The summed E-state index contributed by atoms with van der Waals surface area (Å²) in [7, 11) is 0. The van der Waals surface area contributed by atoms with Gasteiger partial charge in [-0.2, -0.15) is 0 Å². The molecule has 2 heterocycles. The quantitative estimate of drug-likeness (QED) is 0.710. The third-order valence-corrected chi connectivity index (χ3v) is 4.78. The van der Waals surface area contributed by atoms with Crippen LogP contribution in [0, 0.1) is 5.82 Å². The molecule has 0 radical (unpaired) electrons. The van der Waals surface area contributed by atoms with Crippen molar-refractivity contribution in [1.29, 1.82) is 0 Å². The number of hydrogen-bond donors (Lipinski definition) is 1. The molecule has 0 atom stereocenters. The molecule has 0 bridgehead atoms. The van der Waals surface area contributed by atoms with Crippen LogP contribution < -0.4 is 11.4 Å². The Morgan fingerprint density at radius 2 is 2.04 bits per heavy atom. The fraction of sp³-hybridized carbons (Fsp3) is 0.188. The Kier molecular flexibility index (Phi) is 5.12. The zero-order valence-corrected chi connectivity index (χ0v) is 14.6. The van der Waals surface area contributed by atoms with Crippen LogP contribution in [-0.2, 0) is 17.9 Å². The number of ketones is 1. The molecule has 130 valence electrons. The van der Waals surface area contributed by atoms with Gasteiger partial charge in [-0.3, -0.25) is 9.36 Å². The topological polar surface area (TPSA) is 82.9 Å². The number of rotatable bonds is 6. The number of thiophene rings is 1. The molecule has 0 spiro atoms. The van der Waals surface area contributed by atoms with Crippen LogP contribution in [0.4, 0.5) is 4.39 Å². The largest absolute Gasteiger partial charge is 0.346 e. The summed E-state index contributed by atoms with van der Waals surface area (Å²) in [6.45, 7) is -0.425. The van der Waals surface area contributed by atoms with E-state index in [4.69, 9.17) is 17.3 Å². The standard InChI is InChI=1S/C16H14ClFN4O2S/c17-14-6-5-13(25-14)15-20-22(9-11(23)7-19)16(24)21(15)8-10-3-1-2-4-12(10)18/h1-6H,7-9,19H2. The summed E-state index contributed by atoms with van der Waals surface area (Å²) in [5.41, 5.74) is 5.14. The second-order valence-electron chi connectivity index (χ2n) is 5.29. The molecule has 2 aromatic heterocycles. The van der Waals surface area contributed by atoms with Crippen LogP contribution in [0.25, 0.3) is 10.7 Å². The van der Waals surface area contributed by atoms with E-state index in [0.29, 0.717) is 20.6 Å². The smallest absolute Gasteiger partial charge is 0.324 e. The molecule has 0 saturated carbocycles. The van der Waals surface area contributed by atoms with Gasteiger partial charge in [0.1, 0.15) is 12.4 Å². The van der Waals surface area contributed by atoms with Gasteiger partial charge in [0.15, 0.2) is 11.6 Å². The van der Waals surface area contributed by atoms with Gasteiger partial charge < -0.3 is 5.73 Å². The lowest BCUT2D eigenvalue weighted by Crippen LogP contribution is -2.30. The highest BCUT2D eigenvalue weighted by molar-refractivity contribution is 7.19. The maximum atomic E-state index is 14.0. The van der Waals surface area contributed by atoms with Crippen LogP contribution in [0.5, 0.6) is 0 Å². The first-order valence-electron chi connectivity index (χ1n) is 7.38. The van der Waals surface area contributed by atoms with Crippen molar-refractivity contribution in [3.63, 3.8) is 0 Å². The Balaban J connectivity index is 2.09. The summed E-state index contributed by atoms with van der Waals surface area (Å²) in [6, 6.07) is 9.59. The van der Waals surface area contributed by atoms with E-state index in [2.05, 4.69) is 5.10 Å². The first-order valence-corrected chi connectivity index (χ1v) is 8.57. The third-order valence-electron chi connectivity index (χ3n) is 3.56. The van der Waals surface area contributed by atoms with Crippen molar-refractivity contribution in [3.8, 4) is 10.7 Å². The number of nitrogens with zero attached hydrogens (tertiary/aromatic N) is 3. The Labute approximate surface area is 151 Å².